The van der Waals surface area contributed by atoms with E-state index < -0.39 is 26.7 Å². The van der Waals surface area contributed by atoms with E-state index in [0.29, 0.717) is 12.1 Å². The van der Waals surface area contributed by atoms with Gasteiger partial charge in [-0.25, -0.2) is 28.1 Å². The lowest BCUT2D eigenvalue weighted by molar-refractivity contribution is -0.137. The third-order valence-electron chi connectivity index (χ3n) is 3.09. The summed E-state index contributed by atoms with van der Waals surface area (Å²) in [7, 11) is -4.43. The van der Waals surface area contributed by atoms with Gasteiger partial charge in [0, 0.05) is 6.07 Å². The molecule has 0 saturated heterocycles. The lowest BCUT2D eigenvalue weighted by Gasteiger charge is -2.12. The Morgan fingerprint density at radius 3 is 2.54 bits per heavy atom. The van der Waals surface area contributed by atoms with E-state index in [1.165, 1.54) is 23.4 Å². The number of hydrogen-bond donors (Lipinski definition) is 1. The van der Waals surface area contributed by atoms with Gasteiger partial charge < -0.3 is 0 Å². The molecule has 0 atom stereocenters. The summed E-state index contributed by atoms with van der Waals surface area (Å²) in [5, 5.41) is 3.46. The zero-order valence-corrected chi connectivity index (χ0v) is 14.1. The number of aromatic nitrogens is 5. The molecule has 0 amide bonds. The molecule has 0 bridgehead atoms. The average Bonchev–Trinajstić information content (AvgIpc) is 3.08. The lowest BCUT2D eigenvalue weighted by atomic mass is 10.2. The van der Waals surface area contributed by atoms with Crippen LogP contribution in [0.15, 0.2) is 48.1 Å². The highest BCUT2D eigenvalue weighted by atomic mass is 35.5. The molecule has 2 heterocycles. The monoisotopic (exact) mass is 404 g/mol. The van der Waals surface area contributed by atoms with Gasteiger partial charge in [0.15, 0.2) is 5.82 Å². The van der Waals surface area contributed by atoms with E-state index in [1.54, 1.807) is 0 Å². The maximum atomic E-state index is 12.8. The number of nitrogens with one attached hydrogen (secondary N) is 1. The van der Waals surface area contributed by atoms with Gasteiger partial charge in [-0.1, -0.05) is 11.6 Å². The molecule has 1 N–H and O–H groups in total. The van der Waals surface area contributed by atoms with Crippen LogP contribution in [0.5, 0.6) is 0 Å². The van der Waals surface area contributed by atoms with Crippen molar-refractivity contribution in [2.75, 3.05) is 4.72 Å². The van der Waals surface area contributed by atoms with Gasteiger partial charge in [-0.3, -0.25) is 4.72 Å². The third-order valence-corrected chi connectivity index (χ3v) is 4.93. The number of halogens is 4. The first-order valence-corrected chi connectivity index (χ1v) is 8.59. The molecule has 26 heavy (non-hydrogen) atoms. The molecule has 0 saturated carbocycles. The highest BCUT2D eigenvalue weighted by molar-refractivity contribution is 7.92. The predicted molar refractivity (Wildman–Crippen MR) is 84.2 cm³/mol. The fourth-order valence-electron chi connectivity index (χ4n) is 1.93. The van der Waals surface area contributed by atoms with Gasteiger partial charge >= 0.3 is 6.18 Å². The predicted octanol–water partition coefficient (Wildman–Crippen LogP) is 2.53. The molecular weight excluding hydrogens is 397 g/mol. The van der Waals surface area contributed by atoms with E-state index in [1.807, 2.05) is 0 Å². The maximum Gasteiger partial charge on any atom is 0.416 e. The fraction of sp³-hybridized carbons (Fsp3) is 0.0769. The van der Waals surface area contributed by atoms with E-state index >= 15 is 0 Å². The summed E-state index contributed by atoms with van der Waals surface area (Å²) in [6, 6.07) is 3.23. The summed E-state index contributed by atoms with van der Waals surface area (Å²) in [5.41, 5.74) is -1.15. The molecule has 13 heteroatoms. The average molecular weight is 405 g/mol. The molecule has 0 aliphatic rings. The Morgan fingerprint density at radius 1 is 1.12 bits per heavy atom. The molecule has 136 valence electrons. The number of rotatable bonds is 4. The minimum atomic E-state index is -4.72. The van der Waals surface area contributed by atoms with Crippen LogP contribution in [0, 0.1) is 0 Å². The van der Waals surface area contributed by atoms with Gasteiger partial charge in [0.25, 0.3) is 10.0 Å². The first-order valence-electron chi connectivity index (χ1n) is 6.73. The SMILES string of the molecule is O=S(=O)(Nc1cc(-n2cncn2)ncn1)c1cc(C(F)(F)F)ccc1Cl. The molecule has 1 aromatic carbocycles. The van der Waals surface area contributed by atoms with Gasteiger partial charge in [-0.15, -0.1) is 0 Å². The van der Waals surface area contributed by atoms with E-state index in [4.69, 9.17) is 11.6 Å². The van der Waals surface area contributed by atoms with Crippen LogP contribution in [0.2, 0.25) is 5.02 Å². The van der Waals surface area contributed by atoms with Gasteiger partial charge in [-0.2, -0.15) is 18.3 Å². The number of sulfonamides is 1. The summed E-state index contributed by atoms with van der Waals surface area (Å²) in [5.74, 6) is 0.0179. The molecule has 0 aliphatic heterocycles. The molecule has 3 aromatic rings. The van der Waals surface area contributed by atoms with E-state index in [2.05, 4.69) is 24.8 Å². The van der Waals surface area contributed by atoms with Crippen LogP contribution in [0.4, 0.5) is 19.0 Å². The zero-order chi connectivity index (χ0) is 18.9. The summed E-state index contributed by atoms with van der Waals surface area (Å²) in [6.45, 7) is 0. The highest BCUT2D eigenvalue weighted by Crippen LogP contribution is 2.33. The van der Waals surface area contributed by atoms with Gasteiger partial charge in [0.2, 0.25) is 0 Å². The Labute approximate surface area is 149 Å². The number of alkyl halides is 3. The molecule has 0 unspecified atom stereocenters. The largest absolute Gasteiger partial charge is 0.416 e. The Kier molecular flexibility index (Phi) is 4.54. The number of nitrogens with zero attached hydrogens (tertiary/aromatic N) is 5. The first kappa shape index (κ1) is 18.1. The summed E-state index contributed by atoms with van der Waals surface area (Å²) >= 11 is 5.77. The van der Waals surface area contributed by atoms with Crippen molar-refractivity contribution in [1.82, 2.24) is 24.7 Å². The maximum absolute atomic E-state index is 12.8. The van der Waals surface area contributed by atoms with Crippen LogP contribution in [-0.4, -0.2) is 33.2 Å². The van der Waals surface area contributed by atoms with Crippen molar-refractivity contribution < 1.29 is 21.6 Å². The fourth-order valence-corrected chi connectivity index (χ4v) is 3.46. The Balaban J connectivity index is 1.96. The van der Waals surface area contributed by atoms with Crippen molar-refractivity contribution in [3.8, 4) is 5.82 Å². The van der Waals surface area contributed by atoms with Crippen LogP contribution in [0.3, 0.4) is 0 Å². The van der Waals surface area contributed by atoms with Crippen molar-refractivity contribution in [3.63, 3.8) is 0 Å². The van der Waals surface area contributed by atoms with Crippen LogP contribution < -0.4 is 4.72 Å². The summed E-state index contributed by atoms with van der Waals surface area (Å²) < 4.78 is 66.7. The van der Waals surface area contributed by atoms with Gasteiger partial charge in [-0.05, 0) is 18.2 Å². The second kappa shape index (κ2) is 6.53. The quantitative estimate of drug-likeness (QED) is 0.716. The molecule has 0 spiro atoms. The molecule has 0 fully saturated rings. The molecule has 3 rings (SSSR count). The van der Waals surface area contributed by atoms with E-state index in [-0.39, 0.29) is 16.7 Å². The molecule has 8 nitrogen and oxygen atoms in total. The minimum Gasteiger partial charge on any atom is -0.263 e. The van der Waals surface area contributed by atoms with E-state index in [9.17, 15) is 21.6 Å². The highest BCUT2D eigenvalue weighted by Gasteiger charge is 2.32. The van der Waals surface area contributed by atoms with Crippen molar-refractivity contribution in [2.24, 2.45) is 0 Å². The normalized spacial score (nSPS) is 12.2. The van der Waals surface area contributed by atoms with Crippen molar-refractivity contribution in [3.05, 3.63) is 53.8 Å². The topological polar surface area (TPSA) is 103 Å². The van der Waals surface area contributed by atoms with Crippen LogP contribution >= 0.6 is 11.6 Å². The van der Waals surface area contributed by atoms with Crippen LogP contribution in [-0.2, 0) is 16.2 Å². The standard InChI is InChI=1S/C13H8ClF3N6O2S/c14-9-2-1-8(13(15,16)17)3-10(9)26(24,25)22-11-4-12(20-6-19-11)23-7-18-5-21-23/h1-7H,(H,19,20,22). The van der Waals surface area contributed by atoms with Crippen molar-refractivity contribution in [2.45, 2.75) is 11.1 Å². The van der Waals surface area contributed by atoms with Crippen molar-refractivity contribution >= 4 is 27.4 Å². The third kappa shape index (κ3) is 3.75. The van der Waals surface area contributed by atoms with Gasteiger partial charge in [0.05, 0.1) is 10.6 Å². The summed E-state index contributed by atoms with van der Waals surface area (Å²) in [6.07, 6.45) is -1.09. The number of hydrogen-bond acceptors (Lipinski definition) is 6. The number of benzene rings is 1. The van der Waals surface area contributed by atoms with Crippen molar-refractivity contribution in [1.29, 1.82) is 0 Å². The van der Waals surface area contributed by atoms with Crippen LogP contribution in [0.25, 0.3) is 5.82 Å². The lowest BCUT2D eigenvalue weighted by Crippen LogP contribution is -2.16. The minimum absolute atomic E-state index is 0.182. The summed E-state index contributed by atoms with van der Waals surface area (Å²) in [4.78, 5) is 10.6. The second-order valence-corrected chi connectivity index (χ2v) is 6.91. The molecular formula is C13H8ClF3N6O2S. The number of anilines is 1. The Bertz CT molecular complexity index is 1040. The first-order chi connectivity index (χ1) is 12.2. The van der Waals surface area contributed by atoms with Gasteiger partial charge in [0.1, 0.15) is 29.7 Å². The zero-order valence-electron chi connectivity index (χ0n) is 12.5. The van der Waals surface area contributed by atoms with E-state index in [0.717, 1.165) is 12.4 Å². The molecule has 2 aromatic heterocycles. The Hall–Kier alpha value is -2.73. The molecule has 0 aliphatic carbocycles. The van der Waals surface area contributed by atoms with Crippen LogP contribution in [0.1, 0.15) is 5.56 Å². The Morgan fingerprint density at radius 2 is 1.88 bits per heavy atom. The second-order valence-electron chi connectivity index (χ2n) is 4.85. The smallest absolute Gasteiger partial charge is 0.263 e. The molecule has 0 radical (unpaired) electrons.